The van der Waals surface area contributed by atoms with E-state index in [1.54, 1.807) is 12.1 Å². The van der Waals surface area contributed by atoms with Crippen LogP contribution in [0.4, 0.5) is 0 Å². The van der Waals surface area contributed by atoms with Crippen LogP contribution in [0.5, 0.6) is 0 Å². The highest BCUT2D eigenvalue weighted by molar-refractivity contribution is 8.13. The Morgan fingerprint density at radius 3 is 2.76 bits per heavy atom. The second-order valence-electron chi connectivity index (χ2n) is 5.33. The van der Waals surface area contributed by atoms with Crippen LogP contribution in [-0.4, -0.2) is 27.7 Å². The van der Waals surface area contributed by atoms with Crippen molar-refractivity contribution in [3.05, 3.63) is 52.8 Å². The number of hydrogen-bond donors (Lipinski definition) is 1. The highest BCUT2D eigenvalue weighted by atomic mass is 32.2. The van der Waals surface area contributed by atoms with Crippen LogP contribution >= 0.6 is 11.8 Å². The summed E-state index contributed by atoms with van der Waals surface area (Å²) in [6.07, 6.45) is 6.46. The molecule has 0 saturated heterocycles. The molecule has 1 heterocycles. The average molecular weight is 355 g/mol. The predicted molar refractivity (Wildman–Crippen MR) is 102 cm³/mol. The Morgan fingerprint density at radius 1 is 1.24 bits per heavy atom. The molecule has 2 aromatic rings. The zero-order chi connectivity index (χ0) is 17.9. The van der Waals surface area contributed by atoms with Gasteiger partial charge in [0.15, 0.2) is 11.4 Å². The molecule has 7 heteroatoms. The Bertz CT molecular complexity index is 795. The second kappa shape index (κ2) is 10.3. The molecule has 6 nitrogen and oxygen atoms in total. The van der Waals surface area contributed by atoms with Gasteiger partial charge in [0.05, 0.1) is 5.69 Å². The number of aryl methyl sites for hydroxylation is 1. The third-order valence-corrected chi connectivity index (χ3v) is 4.19. The fourth-order valence-electron chi connectivity index (χ4n) is 2.31. The monoisotopic (exact) mass is 355 g/mol. The highest BCUT2D eigenvalue weighted by Gasteiger charge is 2.03. The van der Waals surface area contributed by atoms with Crippen molar-refractivity contribution in [2.45, 2.75) is 25.8 Å². The Balaban J connectivity index is 1.85. The van der Waals surface area contributed by atoms with E-state index in [4.69, 9.17) is 5.26 Å². The molecule has 2 rings (SSSR count). The minimum atomic E-state index is -0.0828. The molecule has 0 radical (unpaired) electrons. The summed E-state index contributed by atoms with van der Waals surface area (Å²) in [5.41, 5.74) is 1.72. The smallest absolute Gasteiger partial charge is 0.266 e. The van der Waals surface area contributed by atoms with Crippen molar-refractivity contribution in [2.24, 2.45) is 4.99 Å². The quantitative estimate of drug-likeness (QED) is 0.271. The number of aliphatic imine (C=N–C) groups is 1. The average Bonchev–Trinajstić information content (AvgIpc) is 2.65. The zero-order valence-corrected chi connectivity index (χ0v) is 15.0. The summed E-state index contributed by atoms with van der Waals surface area (Å²) in [6.45, 7) is 1.26. The Kier molecular flexibility index (Phi) is 7.73. The van der Waals surface area contributed by atoms with Crippen LogP contribution in [-0.2, 0) is 6.54 Å². The van der Waals surface area contributed by atoms with Crippen LogP contribution in [0, 0.1) is 11.5 Å². The third kappa shape index (κ3) is 6.08. The number of thioether (sulfide) groups is 1. The van der Waals surface area contributed by atoms with Gasteiger partial charge in [0.2, 0.25) is 0 Å². The van der Waals surface area contributed by atoms with Gasteiger partial charge in [-0.1, -0.05) is 42.1 Å². The summed E-state index contributed by atoms with van der Waals surface area (Å²) in [5, 5.41) is 16.2. The van der Waals surface area contributed by atoms with Gasteiger partial charge in [-0.3, -0.25) is 15.1 Å². The molecule has 25 heavy (non-hydrogen) atoms. The largest absolute Gasteiger partial charge is 0.272 e. The van der Waals surface area contributed by atoms with Gasteiger partial charge < -0.3 is 0 Å². The summed E-state index contributed by atoms with van der Waals surface area (Å²) >= 11 is 1.42. The number of amidine groups is 1. The van der Waals surface area contributed by atoms with E-state index < -0.39 is 0 Å². The first-order valence-electron chi connectivity index (χ1n) is 8.11. The van der Waals surface area contributed by atoms with Gasteiger partial charge in [-0.2, -0.15) is 10.4 Å². The van der Waals surface area contributed by atoms with E-state index in [9.17, 15) is 4.79 Å². The summed E-state index contributed by atoms with van der Waals surface area (Å²) in [6, 6.07) is 13.2. The van der Waals surface area contributed by atoms with E-state index in [0.717, 1.165) is 30.5 Å². The molecular formula is C18H21N5OS. The van der Waals surface area contributed by atoms with E-state index in [2.05, 4.69) is 15.4 Å². The van der Waals surface area contributed by atoms with Crippen molar-refractivity contribution in [1.29, 1.82) is 5.26 Å². The maximum absolute atomic E-state index is 12.0. The summed E-state index contributed by atoms with van der Waals surface area (Å²) in [7, 11) is 0. The van der Waals surface area contributed by atoms with Gasteiger partial charge in [-0.25, -0.2) is 4.68 Å². The minimum Gasteiger partial charge on any atom is -0.272 e. The van der Waals surface area contributed by atoms with Crippen LogP contribution in [0.3, 0.4) is 0 Å². The molecule has 0 unspecified atom stereocenters. The Labute approximate surface area is 151 Å². The predicted octanol–water partition coefficient (Wildman–Crippen LogP) is 2.87. The van der Waals surface area contributed by atoms with Gasteiger partial charge in [0.25, 0.3) is 5.56 Å². The van der Waals surface area contributed by atoms with E-state index in [0.29, 0.717) is 18.3 Å². The lowest BCUT2D eigenvalue weighted by atomic mass is 10.1. The molecule has 0 atom stereocenters. The van der Waals surface area contributed by atoms with Crippen molar-refractivity contribution in [2.75, 3.05) is 12.8 Å². The van der Waals surface area contributed by atoms with Crippen LogP contribution < -0.4 is 10.9 Å². The lowest BCUT2D eigenvalue weighted by molar-refractivity contribution is 0.525. The second-order valence-corrected chi connectivity index (χ2v) is 6.13. The first kappa shape index (κ1) is 18.7. The molecule has 0 aliphatic rings. The molecule has 1 aromatic carbocycles. The number of unbranched alkanes of at least 4 members (excludes halogenated alkanes) is 2. The van der Waals surface area contributed by atoms with Crippen molar-refractivity contribution >= 4 is 16.9 Å². The molecule has 0 amide bonds. The number of benzene rings is 1. The zero-order valence-electron chi connectivity index (χ0n) is 14.2. The first-order chi connectivity index (χ1) is 12.2. The van der Waals surface area contributed by atoms with E-state index in [1.807, 2.05) is 42.8 Å². The van der Waals surface area contributed by atoms with Gasteiger partial charge >= 0.3 is 0 Å². The highest BCUT2D eigenvalue weighted by Crippen LogP contribution is 2.14. The fourth-order valence-corrected chi connectivity index (χ4v) is 2.67. The number of nitrogens with zero attached hydrogens (tertiary/aromatic N) is 4. The van der Waals surface area contributed by atoms with Crippen molar-refractivity contribution < 1.29 is 0 Å². The SMILES string of the molecule is CSC(=NCCCCCn1nc(-c2ccccc2)ccc1=O)NC#N. The molecule has 0 saturated carbocycles. The molecule has 0 fully saturated rings. The number of hydrogen-bond acceptors (Lipinski definition) is 5. The van der Waals surface area contributed by atoms with Crippen molar-refractivity contribution in [1.82, 2.24) is 15.1 Å². The fraction of sp³-hybridized carbons (Fsp3) is 0.333. The van der Waals surface area contributed by atoms with E-state index in [1.165, 1.54) is 16.4 Å². The molecule has 0 aliphatic carbocycles. The summed E-state index contributed by atoms with van der Waals surface area (Å²) < 4.78 is 1.52. The summed E-state index contributed by atoms with van der Waals surface area (Å²) in [5.74, 6) is 0. The maximum atomic E-state index is 12.0. The van der Waals surface area contributed by atoms with Gasteiger partial charge in [0.1, 0.15) is 0 Å². The molecular weight excluding hydrogens is 334 g/mol. The van der Waals surface area contributed by atoms with E-state index >= 15 is 0 Å². The molecule has 0 aliphatic heterocycles. The normalized spacial score (nSPS) is 11.1. The van der Waals surface area contributed by atoms with E-state index in [-0.39, 0.29) is 5.56 Å². The maximum Gasteiger partial charge on any atom is 0.266 e. The van der Waals surface area contributed by atoms with Crippen LogP contribution in [0.15, 0.2) is 52.3 Å². The van der Waals surface area contributed by atoms with Gasteiger partial charge in [-0.15, -0.1) is 0 Å². The molecule has 0 bridgehead atoms. The van der Waals surface area contributed by atoms with Crippen LogP contribution in [0.2, 0.25) is 0 Å². The van der Waals surface area contributed by atoms with Gasteiger partial charge in [0, 0.05) is 24.7 Å². The Hall–Kier alpha value is -2.59. The third-order valence-electron chi connectivity index (χ3n) is 3.58. The molecule has 1 N–H and O–H groups in total. The van der Waals surface area contributed by atoms with Crippen molar-refractivity contribution in [3.63, 3.8) is 0 Å². The van der Waals surface area contributed by atoms with Crippen molar-refractivity contribution in [3.8, 4) is 17.5 Å². The lowest BCUT2D eigenvalue weighted by Crippen LogP contribution is -2.22. The first-order valence-corrected chi connectivity index (χ1v) is 9.34. The van der Waals surface area contributed by atoms with Gasteiger partial charge in [-0.05, 0) is 31.6 Å². The lowest BCUT2D eigenvalue weighted by Gasteiger charge is -2.07. The molecule has 1 aromatic heterocycles. The molecule has 130 valence electrons. The number of nitriles is 1. The molecule has 0 spiro atoms. The Morgan fingerprint density at radius 2 is 2.04 bits per heavy atom. The van der Waals surface area contributed by atoms with Crippen LogP contribution in [0.25, 0.3) is 11.3 Å². The number of rotatable bonds is 7. The summed E-state index contributed by atoms with van der Waals surface area (Å²) in [4.78, 5) is 16.3. The minimum absolute atomic E-state index is 0.0828. The number of nitrogens with one attached hydrogen (secondary N) is 1. The standard InChI is InChI=1S/C18H21N5OS/c1-25-18(21-14-19)20-12-6-3-7-13-23-17(24)11-10-16(22-23)15-8-4-2-5-9-15/h2,4-5,8-11H,3,6-7,12-13H2,1H3,(H,20,21). The topological polar surface area (TPSA) is 83.1 Å². The van der Waals surface area contributed by atoms with Crippen LogP contribution in [0.1, 0.15) is 19.3 Å². The number of aromatic nitrogens is 2.